The molecule has 1 saturated heterocycles. The van der Waals surface area contributed by atoms with Crippen molar-refractivity contribution in [3.8, 4) is 0 Å². The highest BCUT2D eigenvalue weighted by Crippen LogP contribution is 2.33. The second-order valence-electron chi connectivity index (χ2n) is 4.18. The normalized spacial score (nSPS) is 31.5. The van der Waals surface area contributed by atoms with Gasteiger partial charge in [-0.25, -0.2) is 4.98 Å². The Morgan fingerprint density at radius 1 is 1.67 bits per heavy atom. The highest BCUT2D eigenvalue weighted by Gasteiger charge is 2.34. The minimum atomic E-state index is -0.0488. The lowest BCUT2D eigenvalue weighted by atomic mass is 9.83. The van der Waals surface area contributed by atoms with Crippen LogP contribution >= 0.6 is 0 Å². The molecule has 3 unspecified atom stereocenters. The molecule has 0 spiro atoms. The van der Waals surface area contributed by atoms with Crippen molar-refractivity contribution in [2.24, 2.45) is 5.92 Å². The highest BCUT2D eigenvalue weighted by molar-refractivity contribution is 5.79. The maximum Gasteiger partial charge on any atom is 0.135 e. The second-order valence-corrected chi connectivity index (χ2v) is 4.18. The van der Waals surface area contributed by atoms with E-state index in [9.17, 15) is 4.79 Å². The standard InChI is InChI=1S/C11H16N2O2/c1-7-5-9(11-12-3-4-13-11)10(6-15-7)8(2)14/h3-4,7,9-10H,5-6H2,1-2H3,(H,12,13). The number of ketones is 1. The number of carbonyl (C=O) groups excluding carboxylic acids is 1. The highest BCUT2D eigenvalue weighted by atomic mass is 16.5. The molecule has 0 aromatic carbocycles. The van der Waals surface area contributed by atoms with E-state index in [-0.39, 0.29) is 23.7 Å². The first-order valence-corrected chi connectivity index (χ1v) is 5.30. The van der Waals surface area contributed by atoms with Crippen LogP contribution in [0.5, 0.6) is 0 Å². The molecule has 2 heterocycles. The summed E-state index contributed by atoms with van der Waals surface area (Å²) in [7, 11) is 0. The van der Waals surface area contributed by atoms with E-state index in [4.69, 9.17) is 4.74 Å². The van der Waals surface area contributed by atoms with Crippen LogP contribution in [0.15, 0.2) is 12.4 Å². The van der Waals surface area contributed by atoms with Gasteiger partial charge < -0.3 is 9.72 Å². The summed E-state index contributed by atoms with van der Waals surface area (Å²) in [5.74, 6) is 1.22. The summed E-state index contributed by atoms with van der Waals surface area (Å²) in [5, 5.41) is 0. The molecule has 2 rings (SSSR count). The third kappa shape index (κ3) is 2.09. The quantitative estimate of drug-likeness (QED) is 0.801. The molecule has 0 aliphatic carbocycles. The zero-order chi connectivity index (χ0) is 10.8. The van der Waals surface area contributed by atoms with Gasteiger partial charge in [0.25, 0.3) is 0 Å². The fourth-order valence-corrected chi connectivity index (χ4v) is 2.16. The Labute approximate surface area is 89.0 Å². The Balaban J connectivity index is 2.20. The molecule has 1 aromatic rings. The number of hydrogen-bond donors (Lipinski definition) is 1. The fraction of sp³-hybridized carbons (Fsp3) is 0.636. The van der Waals surface area contributed by atoms with Gasteiger partial charge in [0.05, 0.1) is 18.6 Å². The van der Waals surface area contributed by atoms with Gasteiger partial charge in [-0.15, -0.1) is 0 Å². The number of ether oxygens (including phenoxy) is 1. The summed E-state index contributed by atoms with van der Waals surface area (Å²) in [5.41, 5.74) is 0. The number of Topliss-reactive ketones (excluding diaryl/α,β-unsaturated/α-hetero) is 1. The summed E-state index contributed by atoms with van der Waals surface area (Å²) in [6, 6.07) is 0. The van der Waals surface area contributed by atoms with Gasteiger partial charge in [-0.1, -0.05) is 0 Å². The molecule has 1 N–H and O–H groups in total. The van der Waals surface area contributed by atoms with Crippen molar-refractivity contribution in [1.29, 1.82) is 0 Å². The summed E-state index contributed by atoms with van der Waals surface area (Å²) >= 11 is 0. The van der Waals surface area contributed by atoms with Gasteiger partial charge in [-0.05, 0) is 20.3 Å². The number of imidazole rings is 1. The van der Waals surface area contributed by atoms with Gasteiger partial charge >= 0.3 is 0 Å². The number of rotatable bonds is 2. The predicted molar refractivity (Wildman–Crippen MR) is 55.5 cm³/mol. The first-order valence-electron chi connectivity index (χ1n) is 5.30. The predicted octanol–water partition coefficient (Wildman–Crippen LogP) is 1.51. The minimum Gasteiger partial charge on any atom is -0.378 e. The molecule has 4 nitrogen and oxygen atoms in total. The lowest BCUT2D eigenvalue weighted by Crippen LogP contribution is -2.35. The van der Waals surface area contributed by atoms with Crippen molar-refractivity contribution >= 4 is 5.78 Å². The van der Waals surface area contributed by atoms with Gasteiger partial charge in [-0.2, -0.15) is 0 Å². The summed E-state index contributed by atoms with van der Waals surface area (Å²) in [6.45, 7) is 4.17. The van der Waals surface area contributed by atoms with E-state index in [2.05, 4.69) is 9.97 Å². The SMILES string of the molecule is CC(=O)C1COC(C)CC1c1ncc[nH]1. The molecular formula is C11H16N2O2. The average molecular weight is 208 g/mol. The lowest BCUT2D eigenvalue weighted by molar-refractivity contribution is -0.128. The van der Waals surface area contributed by atoms with Gasteiger partial charge in [-0.3, -0.25) is 4.79 Å². The molecule has 0 amide bonds. The summed E-state index contributed by atoms with van der Waals surface area (Å²) < 4.78 is 5.52. The van der Waals surface area contributed by atoms with Crippen LogP contribution < -0.4 is 0 Å². The van der Waals surface area contributed by atoms with Crippen molar-refractivity contribution in [2.45, 2.75) is 32.3 Å². The van der Waals surface area contributed by atoms with Gasteiger partial charge in [0.2, 0.25) is 0 Å². The number of aromatic nitrogens is 2. The molecule has 0 bridgehead atoms. The van der Waals surface area contributed by atoms with Gasteiger partial charge in [0.1, 0.15) is 11.6 Å². The number of nitrogens with one attached hydrogen (secondary N) is 1. The maximum absolute atomic E-state index is 11.5. The van der Waals surface area contributed by atoms with E-state index in [1.165, 1.54) is 0 Å². The van der Waals surface area contributed by atoms with E-state index < -0.39 is 0 Å². The van der Waals surface area contributed by atoms with E-state index >= 15 is 0 Å². The van der Waals surface area contributed by atoms with Crippen LogP contribution in [0, 0.1) is 5.92 Å². The van der Waals surface area contributed by atoms with Crippen molar-refractivity contribution in [3.05, 3.63) is 18.2 Å². The zero-order valence-electron chi connectivity index (χ0n) is 9.06. The number of aromatic amines is 1. The number of hydrogen-bond acceptors (Lipinski definition) is 3. The van der Waals surface area contributed by atoms with E-state index in [0.717, 1.165) is 12.2 Å². The maximum atomic E-state index is 11.5. The third-order valence-corrected chi connectivity index (χ3v) is 3.02. The summed E-state index contributed by atoms with van der Waals surface area (Å²) in [6.07, 6.45) is 4.59. The van der Waals surface area contributed by atoms with Crippen molar-refractivity contribution in [1.82, 2.24) is 9.97 Å². The first-order chi connectivity index (χ1) is 7.18. The Morgan fingerprint density at radius 3 is 3.07 bits per heavy atom. The molecule has 15 heavy (non-hydrogen) atoms. The first kappa shape index (κ1) is 10.4. The van der Waals surface area contributed by atoms with Crippen LogP contribution in [-0.2, 0) is 9.53 Å². The number of nitrogens with zero attached hydrogens (tertiary/aromatic N) is 1. The Kier molecular flexibility index (Phi) is 2.86. The Bertz CT molecular complexity index is 334. The van der Waals surface area contributed by atoms with Crippen molar-refractivity contribution in [3.63, 3.8) is 0 Å². The van der Waals surface area contributed by atoms with Gasteiger partial charge in [0, 0.05) is 18.3 Å². The minimum absolute atomic E-state index is 0.0488. The molecule has 1 aromatic heterocycles. The average Bonchev–Trinajstić information content (AvgIpc) is 2.69. The van der Waals surface area contributed by atoms with E-state index in [1.807, 2.05) is 6.92 Å². The van der Waals surface area contributed by atoms with E-state index in [1.54, 1.807) is 19.3 Å². The molecule has 3 atom stereocenters. The molecule has 0 radical (unpaired) electrons. The molecule has 4 heteroatoms. The molecular weight excluding hydrogens is 192 g/mol. The third-order valence-electron chi connectivity index (χ3n) is 3.02. The molecule has 1 aliphatic rings. The molecule has 0 saturated carbocycles. The van der Waals surface area contributed by atoms with Crippen LogP contribution in [0.4, 0.5) is 0 Å². The Morgan fingerprint density at radius 2 is 2.47 bits per heavy atom. The van der Waals surface area contributed by atoms with Gasteiger partial charge in [0.15, 0.2) is 0 Å². The van der Waals surface area contributed by atoms with Crippen LogP contribution in [0.3, 0.4) is 0 Å². The van der Waals surface area contributed by atoms with Crippen molar-refractivity contribution < 1.29 is 9.53 Å². The van der Waals surface area contributed by atoms with Crippen LogP contribution in [0.2, 0.25) is 0 Å². The smallest absolute Gasteiger partial charge is 0.135 e. The monoisotopic (exact) mass is 208 g/mol. The zero-order valence-corrected chi connectivity index (χ0v) is 9.06. The number of H-pyrrole nitrogens is 1. The molecule has 1 aliphatic heterocycles. The van der Waals surface area contributed by atoms with Crippen LogP contribution in [0.1, 0.15) is 32.0 Å². The number of carbonyl (C=O) groups is 1. The second kappa shape index (κ2) is 4.14. The van der Waals surface area contributed by atoms with Crippen LogP contribution in [-0.4, -0.2) is 28.5 Å². The Hall–Kier alpha value is -1.16. The van der Waals surface area contributed by atoms with E-state index in [0.29, 0.717) is 6.61 Å². The van der Waals surface area contributed by atoms with Crippen LogP contribution in [0.25, 0.3) is 0 Å². The lowest BCUT2D eigenvalue weighted by Gasteiger charge is -2.32. The fourth-order valence-electron chi connectivity index (χ4n) is 2.16. The topological polar surface area (TPSA) is 55.0 Å². The summed E-state index contributed by atoms with van der Waals surface area (Å²) in [4.78, 5) is 18.8. The van der Waals surface area contributed by atoms with Crippen molar-refractivity contribution in [2.75, 3.05) is 6.61 Å². The largest absolute Gasteiger partial charge is 0.378 e. The molecule has 82 valence electrons. The molecule has 1 fully saturated rings.